The van der Waals surface area contributed by atoms with Crippen LogP contribution in [0.25, 0.3) is 0 Å². The molecule has 1 fully saturated rings. The fourth-order valence-electron chi connectivity index (χ4n) is 2.74. The maximum absolute atomic E-state index is 12.4. The van der Waals surface area contributed by atoms with Crippen molar-refractivity contribution < 1.29 is 4.79 Å². The van der Waals surface area contributed by atoms with E-state index >= 15 is 0 Å². The minimum atomic E-state index is 0.0361. The molecule has 0 aliphatic carbocycles. The van der Waals surface area contributed by atoms with Gasteiger partial charge in [0.15, 0.2) is 0 Å². The van der Waals surface area contributed by atoms with Gasteiger partial charge in [0, 0.05) is 29.8 Å². The zero-order chi connectivity index (χ0) is 14.0. The number of halogens is 1. The number of amides is 1. The van der Waals surface area contributed by atoms with Crippen molar-refractivity contribution in [3.8, 4) is 0 Å². The Kier molecular flexibility index (Phi) is 4.68. The summed E-state index contributed by atoms with van der Waals surface area (Å²) in [5, 5.41) is 3.19. The number of rotatable bonds is 3. The van der Waals surface area contributed by atoms with Crippen LogP contribution < -0.4 is 5.32 Å². The van der Waals surface area contributed by atoms with Crippen molar-refractivity contribution in [1.29, 1.82) is 0 Å². The molecule has 0 spiro atoms. The van der Waals surface area contributed by atoms with E-state index in [1.165, 1.54) is 0 Å². The van der Waals surface area contributed by atoms with Crippen molar-refractivity contribution in [3.05, 3.63) is 22.4 Å². The second kappa shape index (κ2) is 6.09. The van der Waals surface area contributed by atoms with Crippen LogP contribution in [-0.2, 0) is 6.54 Å². The summed E-state index contributed by atoms with van der Waals surface area (Å²) in [5.74, 6) is 0.533. The predicted molar refractivity (Wildman–Crippen MR) is 80.3 cm³/mol. The third-order valence-corrected chi connectivity index (χ3v) is 4.30. The number of hydrogen-bond acceptors (Lipinski definition) is 2. The van der Waals surface area contributed by atoms with E-state index in [0.29, 0.717) is 5.92 Å². The molecule has 2 rings (SSSR count). The van der Waals surface area contributed by atoms with E-state index in [1.807, 2.05) is 23.8 Å². The van der Waals surface area contributed by atoms with Gasteiger partial charge in [-0.3, -0.25) is 4.79 Å². The van der Waals surface area contributed by atoms with Gasteiger partial charge in [0.2, 0.25) is 0 Å². The first kappa shape index (κ1) is 14.6. The van der Waals surface area contributed by atoms with Gasteiger partial charge in [-0.15, -0.1) is 0 Å². The molecule has 1 aromatic heterocycles. The summed E-state index contributed by atoms with van der Waals surface area (Å²) in [6, 6.07) is 2.17. The number of piperidine rings is 1. The van der Waals surface area contributed by atoms with Gasteiger partial charge in [0.25, 0.3) is 5.91 Å². The predicted octanol–water partition coefficient (Wildman–Crippen LogP) is 2.34. The Hall–Kier alpha value is -0.810. The number of likely N-dealkylation sites (tertiary alicyclic amines) is 1. The monoisotopic (exact) mass is 327 g/mol. The molecule has 4 nitrogen and oxygen atoms in total. The van der Waals surface area contributed by atoms with Crippen LogP contribution in [0, 0.1) is 5.92 Å². The third-order valence-electron chi connectivity index (χ3n) is 3.86. The van der Waals surface area contributed by atoms with E-state index in [9.17, 15) is 4.79 Å². The highest BCUT2D eigenvalue weighted by Gasteiger charge is 2.26. The normalized spacial score (nSPS) is 24.4. The van der Waals surface area contributed by atoms with Gasteiger partial charge in [0.05, 0.1) is 0 Å². The largest absolute Gasteiger partial charge is 0.348 e. The minimum absolute atomic E-state index is 0.0361. The summed E-state index contributed by atoms with van der Waals surface area (Å²) in [7, 11) is 2.13. The Labute approximate surface area is 123 Å². The van der Waals surface area contributed by atoms with E-state index in [0.717, 1.165) is 36.2 Å². The van der Waals surface area contributed by atoms with Gasteiger partial charge in [-0.05, 0) is 54.9 Å². The molecule has 0 bridgehead atoms. The highest BCUT2D eigenvalue weighted by atomic mass is 79.9. The van der Waals surface area contributed by atoms with Crippen molar-refractivity contribution in [2.75, 3.05) is 20.1 Å². The minimum Gasteiger partial charge on any atom is -0.348 e. The molecule has 0 aromatic carbocycles. The first-order valence-electron chi connectivity index (χ1n) is 6.86. The molecular weight excluding hydrogens is 306 g/mol. The quantitative estimate of drug-likeness (QED) is 0.925. The van der Waals surface area contributed by atoms with E-state index in [1.54, 1.807) is 0 Å². The van der Waals surface area contributed by atoms with Crippen LogP contribution in [0.3, 0.4) is 0 Å². The molecule has 0 radical (unpaired) electrons. The molecule has 2 unspecified atom stereocenters. The van der Waals surface area contributed by atoms with E-state index in [2.05, 4.69) is 40.1 Å². The SMILES string of the molecule is CCn1cc(Br)cc1C(=O)NC1CCN(C)CC1C. The molecule has 1 aliphatic heterocycles. The van der Waals surface area contributed by atoms with Crippen molar-refractivity contribution in [3.63, 3.8) is 0 Å². The molecule has 19 heavy (non-hydrogen) atoms. The number of carbonyl (C=O) groups excluding carboxylic acids is 1. The standard InChI is InChI=1S/C14H22BrN3O/c1-4-18-9-11(15)7-13(18)14(19)16-12-5-6-17(3)8-10(12)2/h7,9-10,12H,4-6,8H2,1-3H3,(H,16,19). The number of aryl methyl sites for hydroxylation is 1. The van der Waals surface area contributed by atoms with Crippen LogP contribution in [-0.4, -0.2) is 41.6 Å². The molecule has 2 heterocycles. The molecule has 1 saturated heterocycles. The topological polar surface area (TPSA) is 37.3 Å². The summed E-state index contributed by atoms with van der Waals surface area (Å²) >= 11 is 3.43. The fourth-order valence-corrected chi connectivity index (χ4v) is 3.20. The molecule has 5 heteroatoms. The number of aromatic nitrogens is 1. The highest BCUT2D eigenvalue weighted by molar-refractivity contribution is 9.10. The average Bonchev–Trinajstić information content (AvgIpc) is 2.74. The lowest BCUT2D eigenvalue weighted by Gasteiger charge is -2.35. The first-order chi connectivity index (χ1) is 9.01. The second-order valence-corrected chi connectivity index (χ2v) is 6.35. The molecule has 1 aromatic rings. The van der Waals surface area contributed by atoms with Crippen molar-refractivity contribution in [2.24, 2.45) is 5.92 Å². The van der Waals surface area contributed by atoms with E-state index < -0.39 is 0 Å². The molecule has 0 saturated carbocycles. The van der Waals surface area contributed by atoms with Crippen molar-refractivity contribution >= 4 is 21.8 Å². The number of carbonyl (C=O) groups is 1. The first-order valence-corrected chi connectivity index (χ1v) is 7.65. The summed E-state index contributed by atoms with van der Waals surface area (Å²) in [4.78, 5) is 14.7. The van der Waals surface area contributed by atoms with Crippen LogP contribution in [0.1, 0.15) is 30.8 Å². The van der Waals surface area contributed by atoms with E-state index in [-0.39, 0.29) is 11.9 Å². The fraction of sp³-hybridized carbons (Fsp3) is 0.643. The maximum Gasteiger partial charge on any atom is 0.268 e. The Morgan fingerprint density at radius 3 is 2.95 bits per heavy atom. The highest BCUT2D eigenvalue weighted by Crippen LogP contribution is 2.18. The van der Waals surface area contributed by atoms with Gasteiger partial charge < -0.3 is 14.8 Å². The van der Waals surface area contributed by atoms with Gasteiger partial charge in [-0.2, -0.15) is 0 Å². The summed E-state index contributed by atoms with van der Waals surface area (Å²) in [6.45, 7) is 7.14. The van der Waals surface area contributed by atoms with Gasteiger partial charge in [0.1, 0.15) is 5.69 Å². The Morgan fingerprint density at radius 2 is 2.32 bits per heavy atom. The van der Waals surface area contributed by atoms with Crippen LogP contribution >= 0.6 is 15.9 Å². The van der Waals surface area contributed by atoms with Gasteiger partial charge in [-0.1, -0.05) is 6.92 Å². The zero-order valence-electron chi connectivity index (χ0n) is 11.8. The third kappa shape index (κ3) is 3.39. The van der Waals surface area contributed by atoms with Crippen LogP contribution in [0.2, 0.25) is 0 Å². The average molecular weight is 328 g/mol. The molecule has 106 valence electrons. The van der Waals surface area contributed by atoms with Crippen LogP contribution in [0.5, 0.6) is 0 Å². The Balaban J connectivity index is 2.04. The van der Waals surface area contributed by atoms with Crippen LogP contribution in [0.4, 0.5) is 0 Å². The lowest BCUT2D eigenvalue weighted by atomic mass is 9.94. The summed E-state index contributed by atoms with van der Waals surface area (Å²) in [6.07, 6.45) is 2.98. The molecular formula is C14H22BrN3O. The zero-order valence-corrected chi connectivity index (χ0v) is 13.4. The molecule has 1 amide bonds. The molecule has 2 atom stereocenters. The number of nitrogens with zero attached hydrogens (tertiary/aromatic N) is 2. The number of nitrogens with one attached hydrogen (secondary N) is 1. The molecule has 1 aliphatic rings. The maximum atomic E-state index is 12.4. The molecule has 1 N–H and O–H groups in total. The summed E-state index contributed by atoms with van der Waals surface area (Å²) < 4.78 is 2.93. The van der Waals surface area contributed by atoms with Crippen molar-refractivity contribution in [2.45, 2.75) is 32.9 Å². The van der Waals surface area contributed by atoms with Crippen LogP contribution in [0.15, 0.2) is 16.7 Å². The van der Waals surface area contributed by atoms with E-state index in [4.69, 9.17) is 0 Å². The smallest absolute Gasteiger partial charge is 0.268 e. The Bertz CT molecular complexity index is 458. The second-order valence-electron chi connectivity index (χ2n) is 5.44. The lowest BCUT2D eigenvalue weighted by Crippen LogP contribution is -2.49. The lowest BCUT2D eigenvalue weighted by molar-refractivity contribution is 0.0874. The Morgan fingerprint density at radius 1 is 1.58 bits per heavy atom. The van der Waals surface area contributed by atoms with Crippen molar-refractivity contribution in [1.82, 2.24) is 14.8 Å². The van der Waals surface area contributed by atoms with Gasteiger partial charge >= 0.3 is 0 Å². The van der Waals surface area contributed by atoms with Gasteiger partial charge in [-0.25, -0.2) is 0 Å². The number of hydrogen-bond donors (Lipinski definition) is 1. The summed E-state index contributed by atoms with van der Waals surface area (Å²) in [5.41, 5.74) is 0.737.